The first kappa shape index (κ1) is 13.0. The molecule has 0 spiro atoms. The third-order valence-electron chi connectivity index (χ3n) is 2.32. The lowest BCUT2D eigenvalue weighted by Gasteiger charge is -2.17. The lowest BCUT2D eigenvalue weighted by molar-refractivity contribution is 0.116. The maximum Gasteiger partial charge on any atom is 0.168 e. The van der Waals surface area contributed by atoms with Crippen LogP contribution in [0.2, 0.25) is 0 Å². The molecule has 0 bridgehead atoms. The molecule has 89 valence electrons. The SMILES string of the molecule is [CH2]c1c(F)c(F)c(C(O)C(C)C)c(F)c1F. The van der Waals surface area contributed by atoms with Gasteiger partial charge in [-0.3, -0.25) is 0 Å². The third kappa shape index (κ3) is 1.91. The molecule has 16 heavy (non-hydrogen) atoms. The second kappa shape index (κ2) is 4.41. The summed E-state index contributed by atoms with van der Waals surface area (Å²) >= 11 is 0. The summed E-state index contributed by atoms with van der Waals surface area (Å²) in [5.41, 5.74) is -1.97. The molecule has 1 aromatic carbocycles. The second-order valence-electron chi connectivity index (χ2n) is 3.84. The Balaban J connectivity index is 3.51. The molecule has 0 aromatic heterocycles. The monoisotopic (exact) mass is 235 g/mol. The van der Waals surface area contributed by atoms with Gasteiger partial charge in [0.2, 0.25) is 0 Å². The predicted molar refractivity (Wildman–Crippen MR) is 50.5 cm³/mol. The van der Waals surface area contributed by atoms with E-state index in [2.05, 4.69) is 6.92 Å². The van der Waals surface area contributed by atoms with Crippen molar-refractivity contribution in [1.29, 1.82) is 0 Å². The molecule has 5 heteroatoms. The normalized spacial score (nSPS) is 13.3. The molecule has 0 saturated heterocycles. The molecule has 1 atom stereocenters. The summed E-state index contributed by atoms with van der Waals surface area (Å²) in [7, 11) is 0. The highest BCUT2D eigenvalue weighted by molar-refractivity contribution is 5.32. The van der Waals surface area contributed by atoms with Crippen LogP contribution in [0.4, 0.5) is 17.6 Å². The topological polar surface area (TPSA) is 20.2 Å². The minimum atomic E-state index is -1.61. The van der Waals surface area contributed by atoms with Gasteiger partial charge in [-0.1, -0.05) is 13.8 Å². The van der Waals surface area contributed by atoms with Crippen molar-refractivity contribution < 1.29 is 22.7 Å². The van der Waals surface area contributed by atoms with Crippen LogP contribution < -0.4 is 0 Å². The minimum absolute atomic E-state index is 0.571. The number of aliphatic hydroxyl groups is 1. The summed E-state index contributed by atoms with van der Waals surface area (Å²) < 4.78 is 52.9. The lowest BCUT2D eigenvalue weighted by atomic mass is 9.96. The van der Waals surface area contributed by atoms with Crippen LogP contribution in [0.1, 0.15) is 31.1 Å². The van der Waals surface area contributed by atoms with Gasteiger partial charge in [0.1, 0.15) is 0 Å². The molecule has 0 amide bonds. The number of halogens is 4. The Kier molecular flexibility index (Phi) is 3.57. The van der Waals surface area contributed by atoms with Crippen LogP contribution in [0.5, 0.6) is 0 Å². The highest BCUT2D eigenvalue weighted by Crippen LogP contribution is 2.31. The van der Waals surface area contributed by atoms with Gasteiger partial charge in [0.05, 0.1) is 11.7 Å². The van der Waals surface area contributed by atoms with Crippen LogP contribution in [-0.2, 0) is 0 Å². The Hall–Kier alpha value is -1.10. The number of rotatable bonds is 2. The van der Waals surface area contributed by atoms with Crippen molar-refractivity contribution in [2.75, 3.05) is 0 Å². The zero-order valence-electron chi connectivity index (χ0n) is 8.82. The van der Waals surface area contributed by atoms with E-state index < -0.39 is 46.4 Å². The number of hydrogen-bond acceptors (Lipinski definition) is 1. The van der Waals surface area contributed by atoms with Gasteiger partial charge >= 0.3 is 0 Å². The average molecular weight is 235 g/mol. The van der Waals surface area contributed by atoms with E-state index in [1.807, 2.05) is 0 Å². The molecule has 0 heterocycles. The first-order chi connectivity index (χ1) is 7.29. The lowest BCUT2D eigenvalue weighted by Crippen LogP contribution is -2.14. The predicted octanol–water partition coefficient (Wildman–Crippen LogP) is 3.11. The quantitative estimate of drug-likeness (QED) is 0.616. The molecule has 0 aliphatic rings. The van der Waals surface area contributed by atoms with Crippen LogP contribution in [0.15, 0.2) is 0 Å². The molecule has 1 nitrogen and oxygen atoms in total. The van der Waals surface area contributed by atoms with E-state index in [-0.39, 0.29) is 0 Å². The standard InChI is InChI=1S/C11H11F4O/c1-4(2)11(16)6-9(14)7(12)5(3)8(13)10(6)15/h4,11,16H,3H2,1-2H3. The minimum Gasteiger partial charge on any atom is -0.388 e. The molecule has 0 aliphatic carbocycles. The fourth-order valence-electron chi connectivity index (χ4n) is 1.29. The van der Waals surface area contributed by atoms with Crippen molar-refractivity contribution in [2.45, 2.75) is 20.0 Å². The number of hydrogen-bond donors (Lipinski definition) is 1. The molecule has 0 fully saturated rings. The van der Waals surface area contributed by atoms with Gasteiger partial charge in [0.15, 0.2) is 23.3 Å². The summed E-state index contributed by atoms with van der Waals surface area (Å²) in [5, 5.41) is 9.47. The van der Waals surface area contributed by atoms with Crippen molar-refractivity contribution in [3.8, 4) is 0 Å². The molecule has 1 unspecified atom stereocenters. The van der Waals surface area contributed by atoms with Gasteiger partial charge in [0.25, 0.3) is 0 Å². The average Bonchev–Trinajstić information content (AvgIpc) is 2.23. The largest absolute Gasteiger partial charge is 0.388 e. The van der Waals surface area contributed by atoms with Gasteiger partial charge < -0.3 is 5.11 Å². The summed E-state index contributed by atoms with van der Waals surface area (Å²) in [6, 6.07) is 0. The van der Waals surface area contributed by atoms with E-state index in [0.717, 1.165) is 0 Å². The van der Waals surface area contributed by atoms with E-state index in [1.165, 1.54) is 13.8 Å². The van der Waals surface area contributed by atoms with Crippen LogP contribution >= 0.6 is 0 Å². The Bertz CT molecular complexity index is 386. The second-order valence-corrected chi connectivity index (χ2v) is 3.84. The Labute approximate surface area is 90.7 Å². The van der Waals surface area contributed by atoms with E-state index in [0.29, 0.717) is 0 Å². The summed E-state index contributed by atoms with van der Waals surface area (Å²) in [5.74, 6) is -6.91. The van der Waals surface area contributed by atoms with Crippen molar-refractivity contribution in [1.82, 2.24) is 0 Å². The van der Waals surface area contributed by atoms with Crippen molar-refractivity contribution in [3.63, 3.8) is 0 Å². The van der Waals surface area contributed by atoms with E-state index in [1.54, 1.807) is 0 Å². The maximum atomic E-state index is 13.3. The first-order valence-corrected chi connectivity index (χ1v) is 4.64. The molecular formula is C11H11F4O. The fourth-order valence-corrected chi connectivity index (χ4v) is 1.29. The number of aliphatic hydroxyl groups excluding tert-OH is 1. The zero-order chi connectivity index (χ0) is 12.6. The van der Waals surface area contributed by atoms with Crippen LogP contribution in [0.25, 0.3) is 0 Å². The zero-order valence-corrected chi connectivity index (χ0v) is 8.82. The van der Waals surface area contributed by atoms with Crippen molar-refractivity contribution >= 4 is 0 Å². The third-order valence-corrected chi connectivity index (χ3v) is 2.32. The highest BCUT2D eigenvalue weighted by Gasteiger charge is 2.28. The van der Waals surface area contributed by atoms with Crippen LogP contribution in [-0.4, -0.2) is 5.11 Å². The van der Waals surface area contributed by atoms with Crippen molar-refractivity contribution in [3.05, 3.63) is 41.3 Å². The van der Waals surface area contributed by atoms with Gasteiger partial charge in [0, 0.05) is 5.56 Å². The van der Waals surface area contributed by atoms with Gasteiger partial charge in [-0.25, -0.2) is 17.6 Å². The fraction of sp³-hybridized carbons (Fsp3) is 0.364. The Morgan fingerprint density at radius 3 is 1.62 bits per heavy atom. The Morgan fingerprint density at radius 2 is 1.31 bits per heavy atom. The van der Waals surface area contributed by atoms with E-state index in [9.17, 15) is 22.7 Å². The van der Waals surface area contributed by atoms with Crippen molar-refractivity contribution in [2.24, 2.45) is 5.92 Å². The van der Waals surface area contributed by atoms with E-state index in [4.69, 9.17) is 0 Å². The summed E-state index contributed by atoms with van der Waals surface area (Å²) in [4.78, 5) is 0. The van der Waals surface area contributed by atoms with Gasteiger partial charge in [-0.05, 0) is 12.8 Å². The summed E-state index contributed by atoms with van der Waals surface area (Å²) in [6.45, 7) is 5.81. The number of benzene rings is 1. The molecule has 1 aromatic rings. The molecule has 0 aliphatic heterocycles. The molecular weight excluding hydrogens is 224 g/mol. The smallest absolute Gasteiger partial charge is 0.168 e. The highest BCUT2D eigenvalue weighted by atomic mass is 19.2. The van der Waals surface area contributed by atoms with Crippen LogP contribution in [0.3, 0.4) is 0 Å². The molecule has 1 rings (SSSR count). The van der Waals surface area contributed by atoms with Crippen LogP contribution in [0, 0.1) is 36.1 Å². The molecule has 0 saturated carbocycles. The molecule has 1 radical (unpaired) electrons. The first-order valence-electron chi connectivity index (χ1n) is 4.64. The van der Waals surface area contributed by atoms with E-state index >= 15 is 0 Å². The Morgan fingerprint density at radius 1 is 0.938 bits per heavy atom. The van der Waals surface area contributed by atoms with Gasteiger partial charge in [-0.2, -0.15) is 0 Å². The maximum absolute atomic E-state index is 13.3. The van der Waals surface area contributed by atoms with Gasteiger partial charge in [-0.15, -0.1) is 0 Å². The molecule has 1 N–H and O–H groups in total. The summed E-state index contributed by atoms with van der Waals surface area (Å²) in [6.07, 6.45) is -1.61.